The van der Waals surface area contributed by atoms with Crippen molar-refractivity contribution in [3.63, 3.8) is 0 Å². The quantitative estimate of drug-likeness (QED) is 0.545. The molecule has 5 nitrogen and oxygen atoms in total. The molecule has 32 heavy (non-hydrogen) atoms. The number of benzene rings is 1. The third-order valence-electron chi connectivity index (χ3n) is 5.55. The van der Waals surface area contributed by atoms with Crippen molar-refractivity contribution in [2.24, 2.45) is 0 Å². The van der Waals surface area contributed by atoms with Crippen LogP contribution in [-0.4, -0.2) is 19.7 Å². The highest BCUT2D eigenvalue weighted by Crippen LogP contribution is 2.48. The van der Waals surface area contributed by atoms with Gasteiger partial charge in [-0.05, 0) is 62.6 Å². The summed E-state index contributed by atoms with van der Waals surface area (Å²) in [6, 6.07) is 14.2. The molecular weight excluding hydrogens is 416 g/mol. The maximum atomic E-state index is 9.87. The molecule has 0 unspecified atom stereocenters. The van der Waals surface area contributed by atoms with E-state index in [4.69, 9.17) is 4.74 Å². The summed E-state index contributed by atoms with van der Waals surface area (Å²) in [5.74, 6) is 0.0704. The molecule has 160 valence electrons. The summed E-state index contributed by atoms with van der Waals surface area (Å²) in [4.78, 5) is 4.09. The summed E-state index contributed by atoms with van der Waals surface area (Å²) in [6.45, 7) is 7.80. The largest absolute Gasteiger partial charge is 0.479 e. The average Bonchev–Trinajstić information content (AvgIpc) is 3.19. The number of hydrogen-bond donors (Lipinski definition) is 0. The van der Waals surface area contributed by atoms with Crippen LogP contribution >= 0.6 is 11.3 Å². The molecule has 0 saturated heterocycles. The van der Waals surface area contributed by atoms with Crippen LogP contribution in [0.4, 0.5) is 5.69 Å². The summed E-state index contributed by atoms with van der Waals surface area (Å²) in [6.07, 6.45) is 4.16. The molecule has 0 atom stereocenters. The van der Waals surface area contributed by atoms with E-state index in [2.05, 4.69) is 54.3 Å². The number of nitrogens with zero attached hydrogens (tertiary/aromatic N) is 4. The molecule has 0 bridgehead atoms. The van der Waals surface area contributed by atoms with Crippen molar-refractivity contribution in [2.45, 2.75) is 33.3 Å². The van der Waals surface area contributed by atoms with Crippen LogP contribution in [0.1, 0.15) is 40.3 Å². The molecule has 0 radical (unpaired) electrons. The Labute approximate surface area is 193 Å². The lowest BCUT2D eigenvalue weighted by Gasteiger charge is -2.22. The van der Waals surface area contributed by atoms with Gasteiger partial charge >= 0.3 is 0 Å². The minimum atomic E-state index is -0.829. The molecule has 1 aliphatic rings. The minimum Gasteiger partial charge on any atom is -0.479 e. The van der Waals surface area contributed by atoms with E-state index in [0.29, 0.717) is 0 Å². The van der Waals surface area contributed by atoms with Crippen molar-refractivity contribution in [1.29, 1.82) is 15.8 Å². The van der Waals surface area contributed by atoms with E-state index in [1.54, 1.807) is 11.3 Å². The van der Waals surface area contributed by atoms with Crippen molar-refractivity contribution in [1.82, 2.24) is 0 Å². The lowest BCUT2D eigenvalue weighted by molar-refractivity contribution is 0.109. The van der Waals surface area contributed by atoms with Gasteiger partial charge in [0.15, 0.2) is 11.3 Å². The molecule has 0 amide bonds. The molecular formula is C26H24N4OS. The van der Waals surface area contributed by atoms with E-state index < -0.39 is 5.60 Å². The standard InChI is InChI=1S/C26H24N4OS/c1-16-17(2)25(23-21(15-29)24(19(13-27)14-28)31-26(23,3)4)32-22(16)12-9-18-7-10-20(11-8-18)30(5)6/h7-12H,1-6H3/b12-9+. The molecule has 0 fully saturated rings. The first-order chi connectivity index (χ1) is 15.1. The Bertz CT molecular complexity index is 1270. The van der Waals surface area contributed by atoms with E-state index in [9.17, 15) is 15.8 Å². The van der Waals surface area contributed by atoms with Crippen LogP contribution < -0.4 is 4.90 Å². The molecule has 6 heteroatoms. The van der Waals surface area contributed by atoms with Crippen LogP contribution in [0.15, 0.2) is 41.2 Å². The van der Waals surface area contributed by atoms with Crippen LogP contribution in [-0.2, 0) is 4.74 Å². The van der Waals surface area contributed by atoms with Crippen LogP contribution in [0, 0.1) is 47.8 Å². The number of thiophene rings is 1. The molecule has 1 aromatic carbocycles. The van der Waals surface area contributed by atoms with E-state index in [1.165, 1.54) is 0 Å². The normalized spacial score (nSPS) is 14.7. The third-order valence-corrected chi connectivity index (χ3v) is 6.92. The summed E-state index contributed by atoms with van der Waals surface area (Å²) >= 11 is 1.59. The predicted molar refractivity (Wildman–Crippen MR) is 129 cm³/mol. The maximum Gasteiger partial charge on any atom is 0.172 e. The molecule has 0 spiro atoms. The van der Waals surface area contributed by atoms with E-state index in [0.717, 1.165) is 37.7 Å². The van der Waals surface area contributed by atoms with Crippen LogP contribution in [0.2, 0.25) is 0 Å². The summed E-state index contributed by atoms with van der Waals surface area (Å²) in [5, 5.41) is 28.5. The zero-order chi connectivity index (χ0) is 23.6. The Balaban J connectivity index is 2.09. The Morgan fingerprint density at radius 2 is 1.62 bits per heavy atom. The predicted octanol–water partition coefficient (Wildman–Crippen LogP) is 5.99. The highest BCUT2D eigenvalue weighted by atomic mass is 32.1. The van der Waals surface area contributed by atoms with E-state index >= 15 is 0 Å². The number of nitriles is 3. The first kappa shape index (κ1) is 22.9. The lowest BCUT2D eigenvalue weighted by Crippen LogP contribution is -2.20. The fourth-order valence-corrected chi connectivity index (χ4v) is 5.06. The third kappa shape index (κ3) is 4.04. The van der Waals surface area contributed by atoms with Crippen molar-refractivity contribution in [3.8, 4) is 18.2 Å². The summed E-state index contributed by atoms with van der Waals surface area (Å²) < 4.78 is 5.95. The Kier molecular flexibility index (Phi) is 6.26. The Morgan fingerprint density at radius 3 is 2.16 bits per heavy atom. The molecule has 0 saturated carbocycles. The van der Waals surface area contributed by atoms with Gasteiger partial charge in [0, 0.05) is 35.1 Å². The van der Waals surface area contributed by atoms with Crippen LogP contribution in [0.5, 0.6) is 0 Å². The number of ether oxygens (including phenoxy) is 1. The van der Waals surface area contributed by atoms with E-state index in [1.807, 2.05) is 47.0 Å². The lowest BCUT2D eigenvalue weighted by atomic mass is 9.91. The van der Waals surface area contributed by atoms with Crippen molar-refractivity contribution in [2.75, 3.05) is 19.0 Å². The van der Waals surface area contributed by atoms with Gasteiger partial charge in [0.1, 0.15) is 29.4 Å². The molecule has 0 aliphatic carbocycles. The second-order valence-electron chi connectivity index (χ2n) is 8.27. The maximum absolute atomic E-state index is 9.87. The number of allylic oxidation sites excluding steroid dienone is 2. The number of anilines is 1. The van der Waals surface area contributed by atoms with Gasteiger partial charge in [0.25, 0.3) is 0 Å². The highest BCUT2D eigenvalue weighted by molar-refractivity contribution is 7.14. The summed E-state index contributed by atoms with van der Waals surface area (Å²) in [7, 11) is 4.03. The van der Waals surface area contributed by atoms with Gasteiger partial charge in [-0.25, -0.2) is 0 Å². The van der Waals surface area contributed by atoms with Gasteiger partial charge in [0.05, 0.1) is 0 Å². The topological polar surface area (TPSA) is 83.8 Å². The van der Waals surface area contributed by atoms with Gasteiger partial charge in [-0.1, -0.05) is 18.2 Å². The highest BCUT2D eigenvalue weighted by Gasteiger charge is 2.42. The van der Waals surface area contributed by atoms with Gasteiger partial charge in [-0.15, -0.1) is 11.3 Å². The van der Waals surface area contributed by atoms with Gasteiger partial charge < -0.3 is 9.64 Å². The fraction of sp³-hybridized carbons (Fsp3) is 0.269. The van der Waals surface area contributed by atoms with Gasteiger partial charge in [0.2, 0.25) is 0 Å². The molecule has 0 N–H and O–H groups in total. The summed E-state index contributed by atoms with van der Waals surface area (Å²) in [5.41, 5.74) is 4.40. The zero-order valence-corrected chi connectivity index (χ0v) is 19.9. The van der Waals surface area contributed by atoms with Crippen LogP contribution in [0.25, 0.3) is 17.7 Å². The van der Waals surface area contributed by atoms with Crippen molar-refractivity contribution < 1.29 is 4.74 Å². The smallest absolute Gasteiger partial charge is 0.172 e. The van der Waals surface area contributed by atoms with Gasteiger partial charge in [-0.2, -0.15) is 15.8 Å². The first-order valence-electron chi connectivity index (χ1n) is 10.1. The zero-order valence-electron chi connectivity index (χ0n) is 19.1. The number of rotatable bonds is 4. The molecule has 1 aromatic heterocycles. The average molecular weight is 441 g/mol. The van der Waals surface area contributed by atoms with Gasteiger partial charge in [-0.3, -0.25) is 0 Å². The van der Waals surface area contributed by atoms with Crippen LogP contribution in [0.3, 0.4) is 0 Å². The Morgan fingerprint density at radius 1 is 1.00 bits per heavy atom. The molecule has 1 aliphatic heterocycles. The van der Waals surface area contributed by atoms with Crippen molar-refractivity contribution >= 4 is 34.7 Å². The molecule has 3 rings (SSSR count). The fourth-order valence-electron chi connectivity index (χ4n) is 3.64. The number of hydrogen-bond acceptors (Lipinski definition) is 6. The second-order valence-corrected chi connectivity index (χ2v) is 9.32. The molecule has 2 heterocycles. The first-order valence-corrected chi connectivity index (χ1v) is 10.9. The second kappa shape index (κ2) is 8.75. The Hall–Kier alpha value is -3.79. The molecule has 2 aromatic rings. The minimum absolute atomic E-state index is 0.0704. The monoisotopic (exact) mass is 440 g/mol. The van der Waals surface area contributed by atoms with Crippen molar-refractivity contribution in [3.05, 3.63) is 67.6 Å². The van der Waals surface area contributed by atoms with E-state index in [-0.39, 0.29) is 16.9 Å². The SMILES string of the molecule is Cc1c(/C=C/c2ccc(N(C)C)cc2)sc(C2=C(C#N)C(=C(C#N)C#N)OC2(C)C)c1C.